The summed E-state index contributed by atoms with van der Waals surface area (Å²) in [6, 6.07) is 13.6. The van der Waals surface area contributed by atoms with Crippen LogP contribution in [0.3, 0.4) is 0 Å². The van der Waals surface area contributed by atoms with Crippen molar-refractivity contribution in [2.45, 2.75) is 13.1 Å². The maximum Gasteiger partial charge on any atom is 0.416 e. The van der Waals surface area contributed by atoms with Crippen LogP contribution >= 0.6 is 0 Å². The standard InChI is InChI=1S/C20H14F3N3O/c1-11-2-8-17-18(25-11)15-10-12(19(24)27)3-9-16(15)26(17)14-6-4-13(5-7-14)20(21,22)23/h2-10H,1H3,(H2,24,27). The molecule has 2 heterocycles. The largest absolute Gasteiger partial charge is 0.416 e. The van der Waals surface area contributed by atoms with E-state index >= 15 is 0 Å². The van der Waals surface area contributed by atoms with Crippen LogP contribution in [0.1, 0.15) is 21.6 Å². The van der Waals surface area contributed by atoms with Gasteiger partial charge in [0.2, 0.25) is 5.91 Å². The highest BCUT2D eigenvalue weighted by Gasteiger charge is 2.30. The lowest BCUT2D eigenvalue weighted by Crippen LogP contribution is -2.10. The zero-order valence-electron chi connectivity index (χ0n) is 14.2. The van der Waals surface area contributed by atoms with Crippen LogP contribution in [0.25, 0.3) is 27.6 Å². The molecule has 0 bridgehead atoms. The van der Waals surface area contributed by atoms with Crippen LogP contribution in [0.4, 0.5) is 13.2 Å². The first-order valence-corrected chi connectivity index (χ1v) is 8.15. The SMILES string of the molecule is Cc1ccc2c(n1)c1cc(C(N)=O)ccc1n2-c1ccc(C(F)(F)F)cc1. The third-order valence-corrected chi connectivity index (χ3v) is 4.48. The summed E-state index contributed by atoms with van der Waals surface area (Å²) in [5.74, 6) is -0.556. The molecule has 0 spiro atoms. The second-order valence-corrected chi connectivity index (χ2v) is 6.30. The third kappa shape index (κ3) is 2.81. The highest BCUT2D eigenvalue weighted by Crippen LogP contribution is 2.34. The Labute approximate surface area is 152 Å². The second-order valence-electron chi connectivity index (χ2n) is 6.30. The molecule has 0 saturated heterocycles. The number of aromatic nitrogens is 2. The summed E-state index contributed by atoms with van der Waals surface area (Å²) in [7, 11) is 0. The molecule has 2 aromatic heterocycles. The monoisotopic (exact) mass is 369 g/mol. The number of alkyl halides is 3. The molecule has 4 aromatic rings. The van der Waals surface area contributed by atoms with E-state index < -0.39 is 17.6 Å². The average molecular weight is 369 g/mol. The predicted octanol–water partition coefficient (Wildman–Crippen LogP) is 4.60. The van der Waals surface area contributed by atoms with E-state index in [-0.39, 0.29) is 0 Å². The first-order chi connectivity index (χ1) is 12.8. The van der Waals surface area contributed by atoms with Crippen LogP contribution in [0.2, 0.25) is 0 Å². The Kier molecular flexibility index (Phi) is 3.69. The van der Waals surface area contributed by atoms with Crippen molar-refractivity contribution in [3.8, 4) is 5.69 Å². The van der Waals surface area contributed by atoms with Gasteiger partial charge >= 0.3 is 6.18 Å². The van der Waals surface area contributed by atoms with Crippen molar-refractivity contribution in [1.29, 1.82) is 0 Å². The van der Waals surface area contributed by atoms with Gasteiger partial charge in [0.1, 0.15) is 0 Å². The summed E-state index contributed by atoms with van der Waals surface area (Å²) in [4.78, 5) is 16.1. The minimum Gasteiger partial charge on any atom is -0.366 e. The van der Waals surface area contributed by atoms with Gasteiger partial charge in [-0.05, 0) is 61.5 Å². The number of nitrogens with two attached hydrogens (primary N) is 1. The molecular formula is C20H14F3N3O. The van der Waals surface area contributed by atoms with E-state index in [0.717, 1.165) is 28.9 Å². The molecule has 4 rings (SSSR count). The number of pyridine rings is 1. The minimum absolute atomic E-state index is 0.345. The van der Waals surface area contributed by atoms with Gasteiger partial charge in [-0.25, -0.2) is 0 Å². The van der Waals surface area contributed by atoms with Gasteiger partial charge < -0.3 is 10.3 Å². The van der Waals surface area contributed by atoms with Crippen LogP contribution < -0.4 is 5.73 Å². The maximum absolute atomic E-state index is 12.9. The van der Waals surface area contributed by atoms with E-state index in [2.05, 4.69) is 4.98 Å². The number of carbonyl (C=O) groups is 1. The first-order valence-electron chi connectivity index (χ1n) is 8.15. The van der Waals surface area contributed by atoms with Gasteiger partial charge in [-0.15, -0.1) is 0 Å². The number of carbonyl (C=O) groups excluding carboxylic acids is 1. The number of fused-ring (bicyclic) bond motifs is 3. The summed E-state index contributed by atoms with van der Waals surface area (Å²) >= 11 is 0. The van der Waals surface area contributed by atoms with Crippen molar-refractivity contribution in [3.05, 3.63) is 71.4 Å². The molecule has 0 aliphatic heterocycles. The number of hydrogen-bond acceptors (Lipinski definition) is 2. The van der Waals surface area contributed by atoms with E-state index in [1.54, 1.807) is 18.2 Å². The number of benzene rings is 2. The topological polar surface area (TPSA) is 60.9 Å². The molecule has 0 saturated carbocycles. The predicted molar refractivity (Wildman–Crippen MR) is 96.8 cm³/mol. The normalized spacial score (nSPS) is 12.0. The van der Waals surface area contributed by atoms with Crippen molar-refractivity contribution in [2.24, 2.45) is 5.73 Å². The fourth-order valence-corrected chi connectivity index (χ4v) is 3.21. The summed E-state index contributed by atoms with van der Waals surface area (Å²) in [6.45, 7) is 1.85. The molecule has 27 heavy (non-hydrogen) atoms. The van der Waals surface area contributed by atoms with Crippen LogP contribution in [0, 0.1) is 6.92 Å². The van der Waals surface area contributed by atoms with Gasteiger partial charge in [0.25, 0.3) is 0 Å². The lowest BCUT2D eigenvalue weighted by molar-refractivity contribution is -0.137. The Morgan fingerprint density at radius 2 is 1.67 bits per heavy atom. The molecule has 4 nitrogen and oxygen atoms in total. The zero-order chi connectivity index (χ0) is 19.3. The number of hydrogen-bond donors (Lipinski definition) is 1. The zero-order valence-corrected chi connectivity index (χ0v) is 14.2. The van der Waals surface area contributed by atoms with Crippen molar-refractivity contribution >= 4 is 27.8 Å². The molecule has 1 amide bonds. The fourth-order valence-electron chi connectivity index (χ4n) is 3.21. The maximum atomic E-state index is 12.9. The first kappa shape index (κ1) is 17.1. The highest BCUT2D eigenvalue weighted by molar-refractivity contribution is 6.09. The summed E-state index contributed by atoms with van der Waals surface area (Å²) in [5, 5.41) is 0.713. The van der Waals surface area contributed by atoms with Crippen LogP contribution in [0.15, 0.2) is 54.6 Å². The Hall–Kier alpha value is -3.35. The molecule has 7 heteroatoms. The van der Waals surface area contributed by atoms with Crippen LogP contribution in [-0.2, 0) is 6.18 Å². The summed E-state index contributed by atoms with van der Waals surface area (Å²) < 4.78 is 40.4. The van der Waals surface area contributed by atoms with Crippen molar-refractivity contribution in [1.82, 2.24) is 9.55 Å². The number of aryl methyl sites for hydroxylation is 1. The molecule has 0 atom stereocenters. The van der Waals surface area contributed by atoms with Crippen molar-refractivity contribution in [3.63, 3.8) is 0 Å². The number of nitrogens with zero attached hydrogens (tertiary/aromatic N) is 2. The second kappa shape index (κ2) is 5.84. The number of primary amides is 1. The molecule has 2 aromatic carbocycles. The van der Waals surface area contributed by atoms with Gasteiger partial charge in [-0.3, -0.25) is 9.78 Å². The van der Waals surface area contributed by atoms with Gasteiger partial charge in [0.15, 0.2) is 0 Å². The van der Waals surface area contributed by atoms with Gasteiger partial charge in [-0.2, -0.15) is 13.2 Å². The molecule has 0 fully saturated rings. The lowest BCUT2D eigenvalue weighted by atomic mass is 10.1. The smallest absolute Gasteiger partial charge is 0.366 e. The highest BCUT2D eigenvalue weighted by atomic mass is 19.4. The number of amides is 1. The average Bonchev–Trinajstić information content (AvgIpc) is 2.94. The van der Waals surface area contributed by atoms with Gasteiger partial charge in [0.05, 0.1) is 22.1 Å². The molecule has 136 valence electrons. The van der Waals surface area contributed by atoms with E-state index in [1.165, 1.54) is 12.1 Å². The van der Waals surface area contributed by atoms with E-state index in [0.29, 0.717) is 22.2 Å². The minimum atomic E-state index is -4.39. The molecular weight excluding hydrogens is 355 g/mol. The fraction of sp³-hybridized carbons (Fsp3) is 0.100. The van der Waals surface area contributed by atoms with Gasteiger partial charge in [-0.1, -0.05) is 0 Å². The van der Waals surface area contributed by atoms with Crippen LogP contribution in [-0.4, -0.2) is 15.5 Å². The van der Waals surface area contributed by atoms with E-state index in [4.69, 9.17) is 5.73 Å². The Bertz CT molecular complexity index is 1190. The molecule has 0 aliphatic rings. The summed E-state index contributed by atoms with van der Waals surface area (Å²) in [5.41, 5.74) is 8.50. The quantitative estimate of drug-likeness (QED) is 0.561. The van der Waals surface area contributed by atoms with Crippen LogP contribution in [0.5, 0.6) is 0 Å². The Balaban J connectivity index is 2.03. The van der Waals surface area contributed by atoms with Crippen molar-refractivity contribution in [2.75, 3.05) is 0 Å². The number of rotatable bonds is 2. The molecule has 0 aliphatic carbocycles. The number of halogens is 3. The lowest BCUT2D eigenvalue weighted by Gasteiger charge is -2.10. The van der Waals surface area contributed by atoms with E-state index in [9.17, 15) is 18.0 Å². The Morgan fingerprint density at radius 3 is 2.30 bits per heavy atom. The van der Waals surface area contributed by atoms with E-state index in [1.807, 2.05) is 23.6 Å². The van der Waals surface area contributed by atoms with Crippen molar-refractivity contribution < 1.29 is 18.0 Å². The Morgan fingerprint density at radius 1 is 1.00 bits per heavy atom. The molecule has 2 N–H and O–H groups in total. The molecule has 0 radical (unpaired) electrons. The van der Waals surface area contributed by atoms with Gasteiger partial charge in [0, 0.05) is 22.3 Å². The third-order valence-electron chi connectivity index (χ3n) is 4.48. The summed E-state index contributed by atoms with van der Waals surface area (Å²) in [6.07, 6.45) is -4.39. The molecule has 0 unspecified atom stereocenters.